The van der Waals surface area contributed by atoms with E-state index in [1.165, 1.54) is 24.8 Å². The van der Waals surface area contributed by atoms with Crippen molar-refractivity contribution < 1.29 is 0 Å². The van der Waals surface area contributed by atoms with Crippen LogP contribution in [0.15, 0.2) is 6.07 Å². The van der Waals surface area contributed by atoms with Gasteiger partial charge in [-0.2, -0.15) is 10.2 Å². The normalized spacial score (nSPS) is 12.9. The lowest BCUT2D eigenvalue weighted by Gasteiger charge is -2.21. The summed E-state index contributed by atoms with van der Waals surface area (Å²) in [4.78, 5) is 0. The van der Waals surface area contributed by atoms with E-state index in [4.69, 9.17) is 0 Å². The van der Waals surface area contributed by atoms with Gasteiger partial charge in [0, 0.05) is 6.04 Å². The van der Waals surface area contributed by atoms with Crippen LogP contribution in [-0.4, -0.2) is 16.7 Å². The van der Waals surface area contributed by atoms with Gasteiger partial charge in [0.25, 0.3) is 0 Å². The average molecular weight is 263 g/mol. The third kappa shape index (κ3) is 5.68. The second kappa shape index (κ2) is 8.26. The van der Waals surface area contributed by atoms with Gasteiger partial charge in [-0.25, -0.2) is 0 Å². The summed E-state index contributed by atoms with van der Waals surface area (Å²) in [5.74, 6) is 0.783. The topological polar surface area (TPSA) is 37.8 Å². The molecular weight excluding hydrogens is 234 g/mol. The summed E-state index contributed by atoms with van der Waals surface area (Å²) in [6, 6.07) is 2.61. The van der Waals surface area contributed by atoms with E-state index in [1.807, 2.05) is 6.92 Å². The van der Waals surface area contributed by atoms with Crippen molar-refractivity contribution in [3.8, 4) is 0 Å². The van der Waals surface area contributed by atoms with Gasteiger partial charge in [-0.1, -0.05) is 33.6 Å². The Bertz CT molecular complexity index is 374. The van der Waals surface area contributed by atoms with E-state index in [9.17, 15) is 0 Å². The van der Waals surface area contributed by atoms with Crippen LogP contribution in [-0.2, 0) is 0 Å². The van der Waals surface area contributed by atoms with Gasteiger partial charge in [-0.05, 0) is 50.8 Å². The lowest BCUT2D eigenvalue weighted by molar-refractivity contribution is 0.444. The lowest BCUT2D eigenvalue weighted by atomic mass is 9.97. The fraction of sp³-hybridized carbons (Fsp3) is 0.750. The molecule has 0 aliphatic heterocycles. The number of hydrogen-bond acceptors (Lipinski definition) is 3. The van der Waals surface area contributed by atoms with Crippen LogP contribution in [0, 0.1) is 19.8 Å². The predicted molar refractivity (Wildman–Crippen MR) is 81.2 cm³/mol. The second-order valence-corrected chi connectivity index (χ2v) is 5.86. The third-order valence-electron chi connectivity index (χ3n) is 3.43. The molecule has 0 saturated carbocycles. The van der Waals surface area contributed by atoms with Crippen LogP contribution in [0.1, 0.15) is 69.4 Å². The molecule has 0 saturated heterocycles. The first-order valence-corrected chi connectivity index (χ1v) is 7.58. The van der Waals surface area contributed by atoms with Crippen LogP contribution < -0.4 is 5.32 Å². The number of rotatable bonds is 8. The largest absolute Gasteiger partial charge is 0.310 e. The van der Waals surface area contributed by atoms with Crippen LogP contribution in [0.2, 0.25) is 0 Å². The van der Waals surface area contributed by atoms with Crippen molar-refractivity contribution in [3.05, 3.63) is 23.0 Å². The maximum Gasteiger partial charge on any atom is 0.0648 e. The summed E-state index contributed by atoms with van der Waals surface area (Å²) < 4.78 is 0. The lowest BCUT2D eigenvalue weighted by Crippen LogP contribution is -2.23. The highest BCUT2D eigenvalue weighted by atomic mass is 15.1. The number of nitrogens with zero attached hydrogens (tertiary/aromatic N) is 2. The molecule has 0 amide bonds. The quantitative estimate of drug-likeness (QED) is 0.771. The van der Waals surface area contributed by atoms with Gasteiger partial charge in [0.1, 0.15) is 0 Å². The minimum atomic E-state index is 0.424. The molecule has 108 valence electrons. The molecule has 0 aliphatic carbocycles. The summed E-state index contributed by atoms with van der Waals surface area (Å²) in [6.45, 7) is 11.9. The fourth-order valence-corrected chi connectivity index (χ4v) is 2.34. The summed E-state index contributed by atoms with van der Waals surface area (Å²) in [5.41, 5.74) is 3.39. The average Bonchev–Trinajstić information content (AvgIpc) is 2.36. The van der Waals surface area contributed by atoms with Crippen molar-refractivity contribution >= 4 is 0 Å². The molecule has 1 aromatic heterocycles. The monoisotopic (exact) mass is 263 g/mol. The minimum absolute atomic E-state index is 0.424. The molecule has 0 aliphatic rings. The Morgan fingerprint density at radius 3 is 2.53 bits per heavy atom. The third-order valence-corrected chi connectivity index (χ3v) is 3.43. The number of aryl methyl sites for hydroxylation is 2. The van der Waals surface area contributed by atoms with Gasteiger partial charge in [0.2, 0.25) is 0 Å². The molecular formula is C16H29N3. The van der Waals surface area contributed by atoms with E-state index in [0.29, 0.717) is 6.04 Å². The van der Waals surface area contributed by atoms with E-state index in [0.717, 1.165) is 30.3 Å². The van der Waals surface area contributed by atoms with E-state index >= 15 is 0 Å². The molecule has 3 heteroatoms. The zero-order valence-corrected chi connectivity index (χ0v) is 13.2. The molecule has 0 radical (unpaired) electrons. The number of hydrogen-bond donors (Lipinski definition) is 1. The second-order valence-electron chi connectivity index (χ2n) is 5.86. The molecule has 0 aromatic carbocycles. The molecule has 1 aromatic rings. The smallest absolute Gasteiger partial charge is 0.0648 e. The first-order valence-electron chi connectivity index (χ1n) is 7.58. The van der Waals surface area contributed by atoms with Gasteiger partial charge in [0.05, 0.1) is 11.4 Å². The van der Waals surface area contributed by atoms with Gasteiger partial charge in [0.15, 0.2) is 0 Å². The van der Waals surface area contributed by atoms with Gasteiger partial charge >= 0.3 is 0 Å². The highest BCUT2D eigenvalue weighted by Crippen LogP contribution is 2.23. The highest BCUT2D eigenvalue weighted by molar-refractivity contribution is 5.23. The Hall–Kier alpha value is -0.960. The maximum atomic E-state index is 4.26. The van der Waals surface area contributed by atoms with E-state index in [1.54, 1.807) is 0 Å². The Balaban J connectivity index is 2.73. The summed E-state index contributed by atoms with van der Waals surface area (Å²) >= 11 is 0. The van der Waals surface area contributed by atoms with Crippen LogP contribution in [0.4, 0.5) is 0 Å². The van der Waals surface area contributed by atoms with Crippen molar-refractivity contribution in [2.24, 2.45) is 5.92 Å². The van der Waals surface area contributed by atoms with Crippen molar-refractivity contribution in [3.63, 3.8) is 0 Å². The van der Waals surface area contributed by atoms with Crippen LogP contribution >= 0.6 is 0 Å². The van der Waals surface area contributed by atoms with E-state index in [-0.39, 0.29) is 0 Å². The minimum Gasteiger partial charge on any atom is -0.310 e. The van der Waals surface area contributed by atoms with Crippen LogP contribution in [0.5, 0.6) is 0 Å². The van der Waals surface area contributed by atoms with Crippen molar-refractivity contribution in [2.75, 3.05) is 6.54 Å². The molecule has 1 N–H and O–H groups in total. The molecule has 1 rings (SSSR count). The Kier molecular flexibility index (Phi) is 7.00. The molecule has 1 heterocycles. The van der Waals surface area contributed by atoms with E-state index < -0.39 is 0 Å². The summed E-state index contributed by atoms with van der Waals surface area (Å²) in [5, 5.41) is 12.1. The van der Waals surface area contributed by atoms with Crippen LogP contribution in [0.25, 0.3) is 0 Å². The number of nitrogens with one attached hydrogen (secondary N) is 1. The van der Waals surface area contributed by atoms with Crippen LogP contribution in [0.3, 0.4) is 0 Å². The predicted octanol–water partition coefficient (Wildman–Crippen LogP) is 3.96. The summed E-state index contributed by atoms with van der Waals surface area (Å²) in [6.07, 6.45) is 4.90. The Morgan fingerprint density at radius 1 is 1.16 bits per heavy atom. The zero-order chi connectivity index (χ0) is 14.3. The Labute approximate surface area is 118 Å². The molecule has 1 unspecified atom stereocenters. The molecule has 0 bridgehead atoms. The van der Waals surface area contributed by atoms with Gasteiger partial charge in [-0.15, -0.1) is 0 Å². The van der Waals surface area contributed by atoms with Crippen molar-refractivity contribution in [2.45, 2.75) is 66.3 Å². The maximum absolute atomic E-state index is 4.26. The number of aromatic nitrogens is 2. The molecule has 19 heavy (non-hydrogen) atoms. The Morgan fingerprint density at radius 2 is 1.89 bits per heavy atom. The zero-order valence-electron chi connectivity index (χ0n) is 13.2. The van der Waals surface area contributed by atoms with E-state index in [2.05, 4.69) is 49.3 Å². The van der Waals surface area contributed by atoms with Gasteiger partial charge in [-0.3, -0.25) is 0 Å². The molecule has 0 spiro atoms. The first kappa shape index (κ1) is 16.1. The summed E-state index contributed by atoms with van der Waals surface area (Å²) in [7, 11) is 0. The van der Waals surface area contributed by atoms with Gasteiger partial charge < -0.3 is 5.32 Å². The molecule has 0 fully saturated rings. The first-order chi connectivity index (χ1) is 9.04. The molecule has 1 atom stereocenters. The van der Waals surface area contributed by atoms with Crippen molar-refractivity contribution in [1.82, 2.24) is 15.5 Å². The standard InChI is InChI=1S/C16H29N3/c1-6-10-17-16(9-7-8-12(2)3)15-11-13(4)18-19-14(15)5/h11-12,16-17H,6-10H2,1-5H3. The highest BCUT2D eigenvalue weighted by Gasteiger charge is 2.14. The van der Waals surface area contributed by atoms with Crippen molar-refractivity contribution in [1.29, 1.82) is 0 Å². The SMILES string of the molecule is CCCNC(CCCC(C)C)c1cc(C)nnc1C. The molecule has 3 nitrogen and oxygen atoms in total. The fourth-order valence-electron chi connectivity index (χ4n) is 2.34.